The third kappa shape index (κ3) is 3.56. The number of nitrogens with zero attached hydrogens (tertiary/aromatic N) is 2. The van der Waals surface area contributed by atoms with E-state index in [0.29, 0.717) is 6.04 Å². The Morgan fingerprint density at radius 1 is 1.43 bits per heavy atom. The third-order valence-corrected chi connectivity index (χ3v) is 2.92. The maximum atomic E-state index is 5.28. The van der Waals surface area contributed by atoms with Crippen molar-refractivity contribution in [2.75, 3.05) is 41.0 Å². The van der Waals surface area contributed by atoms with Crippen LogP contribution in [0.2, 0.25) is 0 Å². The lowest BCUT2D eigenvalue weighted by Crippen LogP contribution is -2.48. The van der Waals surface area contributed by atoms with Gasteiger partial charge in [0.15, 0.2) is 0 Å². The molecule has 1 rings (SSSR count). The van der Waals surface area contributed by atoms with Crippen LogP contribution < -0.4 is 0 Å². The van der Waals surface area contributed by atoms with E-state index in [1.165, 1.54) is 19.4 Å². The molecule has 14 heavy (non-hydrogen) atoms. The molecule has 0 aromatic heterocycles. The van der Waals surface area contributed by atoms with Crippen LogP contribution in [-0.2, 0) is 4.74 Å². The van der Waals surface area contributed by atoms with Crippen molar-refractivity contribution in [3.8, 4) is 0 Å². The van der Waals surface area contributed by atoms with Crippen LogP contribution >= 0.6 is 0 Å². The van der Waals surface area contributed by atoms with Crippen LogP contribution in [0, 0.1) is 5.92 Å². The molecule has 1 fully saturated rings. The molecule has 2 atom stereocenters. The highest BCUT2D eigenvalue weighted by molar-refractivity contribution is 4.79. The van der Waals surface area contributed by atoms with Gasteiger partial charge in [-0.25, -0.2) is 0 Å². The molecule has 0 aromatic rings. The van der Waals surface area contributed by atoms with Gasteiger partial charge in [-0.1, -0.05) is 6.92 Å². The molecule has 1 aliphatic heterocycles. The van der Waals surface area contributed by atoms with Crippen LogP contribution in [0.1, 0.15) is 19.8 Å². The Labute approximate surface area is 88.0 Å². The molecular weight excluding hydrogens is 176 g/mol. The van der Waals surface area contributed by atoms with E-state index >= 15 is 0 Å². The summed E-state index contributed by atoms with van der Waals surface area (Å²) < 4.78 is 5.28. The van der Waals surface area contributed by atoms with Gasteiger partial charge in [-0.05, 0) is 32.9 Å². The van der Waals surface area contributed by atoms with Crippen molar-refractivity contribution in [1.82, 2.24) is 9.80 Å². The Balaban J connectivity index is 2.44. The van der Waals surface area contributed by atoms with Crippen molar-refractivity contribution in [1.29, 1.82) is 0 Å². The number of ether oxygens (including phenoxy) is 1. The summed E-state index contributed by atoms with van der Waals surface area (Å²) in [7, 11) is 6.05. The average Bonchev–Trinajstić information content (AvgIpc) is 2.09. The number of piperidine rings is 1. The quantitative estimate of drug-likeness (QED) is 0.679. The standard InChI is InChI=1S/C11H24N2O/c1-10-5-6-13(9-12(2)3)11(7-10)8-14-4/h10-11H,5-9H2,1-4H3. The van der Waals surface area contributed by atoms with Gasteiger partial charge in [0, 0.05) is 19.7 Å². The van der Waals surface area contributed by atoms with Crippen molar-refractivity contribution in [3.05, 3.63) is 0 Å². The second-order valence-electron chi connectivity index (χ2n) is 4.77. The number of hydrogen-bond acceptors (Lipinski definition) is 3. The lowest BCUT2D eigenvalue weighted by Gasteiger charge is -2.39. The fourth-order valence-corrected chi connectivity index (χ4v) is 2.22. The molecule has 0 aliphatic carbocycles. The zero-order chi connectivity index (χ0) is 10.6. The zero-order valence-corrected chi connectivity index (χ0v) is 9.99. The molecule has 0 N–H and O–H groups in total. The Morgan fingerprint density at radius 2 is 2.14 bits per heavy atom. The number of likely N-dealkylation sites (tertiary alicyclic amines) is 1. The van der Waals surface area contributed by atoms with Crippen molar-refractivity contribution in [2.24, 2.45) is 5.92 Å². The maximum Gasteiger partial charge on any atom is 0.0618 e. The van der Waals surface area contributed by atoms with Gasteiger partial charge in [0.2, 0.25) is 0 Å². The first-order valence-corrected chi connectivity index (χ1v) is 5.51. The lowest BCUT2D eigenvalue weighted by atomic mass is 9.93. The third-order valence-electron chi connectivity index (χ3n) is 2.92. The summed E-state index contributed by atoms with van der Waals surface area (Å²) in [5, 5.41) is 0. The van der Waals surface area contributed by atoms with E-state index < -0.39 is 0 Å². The van der Waals surface area contributed by atoms with Gasteiger partial charge in [-0.15, -0.1) is 0 Å². The fraction of sp³-hybridized carbons (Fsp3) is 1.00. The first-order valence-electron chi connectivity index (χ1n) is 5.51. The molecule has 0 amide bonds. The van der Waals surface area contributed by atoms with Gasteiger partial charge in [0.1, 0.15) is 0 Å². The number of methoxy groups -OCH3 is 1. The van der Waals surface area contributed by atoms with Crippen molar-refractivity contribution >= 4 is 0 Å². The van der Waals surface area contributed by atoms with E-state index in [0.717, 1.165) is 19.2 Å². The van der Waals surface area contributed by atoms with Gasteiger partial charge in [0.25, 0.3) is 0 Å². The summed E-state index contributed by atoms with van der Waals surface area (Å²) in [6, 6.07) is 0.617. The summed E-state index contributed by atoms with van der Waals surface area (Å²) in [6.07, 6.45) is 2.61. The molecule has 2 unspecified atom stereocenters. The van der Waals surface area contributed by atoms with Gasteiger partial charge >= 0.3 is 0 Å². The molecule has 0 bridgehead atoms. The molecule has 0 radical (unpaired) electrons. The van der Waals surface area contributed by atoms with E-state index in [4.69, 9.17) is 4.74 Å². The highest BCUT2D eigenvalue weighted by Crippen LogP contribution is 2.22. The molecule has 0 spiro atoms. The minimum atomic E-state index is 0.617. The smallest absolute Gasteiger partial charge is 0.0618 e. The van der Waals surface area contributed by atoms with Crippen LogP contribution in [0.4, 0.5) is 0 Å². The van der Waals surface area contributed by atoms with Crippen molar-refractivity contribution in [2.45, 2.75) is 25.8 Å². The first-order chi connectivity index (χ1) is 6.63. The fourth-order valence-electron chi connectivity index (χ4n) is 2.22. The first kappa shape index (κ1) is 12.0. The molecule has 84 valence electrons. The number of hydrogen-bond donors (Lipinski definition) is 0. The summed E-state index contributed by atoms with van der Waals surface area (Å²) in [5.41, 5.74) is 0. The SMILES string of the molecule is COCC1CC(C)CCN1CN(C)C. The Bertz CT molecular complexity index is 159. The van der Waals surface area contributed by atoms with Gasteiger partial charge in [-0.2, -0.15) is 0 Å². The second-order valence-corrected chi connectivity index (χ2v) is 4.77. The average molecular weight is 200 g/mol. The Morgan fingerprint density at radius 3 is 2.71 bits per heavy atom. The van der Waals surface area contributed by atoms with E-state index in [1.54, 1.807) is 7.11 Å². The zero-order valence-electron chi connectivity index (χ0n) is 9.99. The minimum Gasteiger partial charge on any atom is -0.383 e. The Hall–Kier alpha value is -0.120. The minimum absolute atomic E-state index is 0.617. The summed E-state index contributed by atoms with van der Waals surface area (Å²) >= 11 is 0. The molecule has 0 aromatic carbocycles. The van der Waals surface area contributed by atoms with E-state index in [1.807, 2.05) is 0 Å². The van der Waals surface area contributed by atoms with Crippen molar-refractivity contribution < 1.29 is 4.74 Å². The molecule has 1 heterocycles. The summed E-state index contributed by atoms with van der Waals surface area (Å²) in [5.74, 6) is 0.855. The van der Waals surface area contributed by atoms with E-state index in [9.17, 15) is 0 Å². The highest BCUT2D eigenvalue weighted by Gasteiger charge is 2.26. The Kier molecular flexibility index (Phi) is 4.85. The van der Waals surface area contributed by atoms with Crippen LogP contribution in [0.25, 0.3) is 0 Å². The van der Waals surface area contributed by atoms with Gasteiger partial charge in [0.05, 0.1) is 13.3 Å². The summed E-state index contributed by atoms with van der Waals surface area (Å²) in [4.78, 5) is 4.77. The van der Waals surface area contributed by atoms with E-state index in [2.05, 4.69) is 30.8 Å². The molecular formula is C11H24N2O. The lowest BCUT2D eigenvalue weighted by molar-refractivity contribution is 0.0226. The van der Waals surface area contributed by atoms with Gasteiger partial charge in [-0.3, -0.25) is 9.80 Å². The topological polar surface area (TPSA) is 15.7 Å². The molecule has 3 heteroatoms. The van der Waals surface area contributed by atoms with Crippen LogP contribution in [0.15, 0.2) is 0 Å². The van der Waals surface area contributed by atoms with Crippen LogP contribution in [0.5, 0.6) is 0 Å². The molecule has 1 aliphatic rings. The predicted octanol–water partition coefficient (Wildman–Crippen LogP) is 1.25. The predicted molar refractivity (Wildman–Crippen MR) is 59.3 cm³/mol. The van der Waals surface area contributed by atoms with E-state index in [-0.39, 0.29) is 0 Å². The second kappa shape index (κ2) is 5.69. The van der Waals surface area contributed by atoms with Crippen LogP contribution in [-0.4, -0.2) is 56.9 Å². The van der Waals surface area contributed by atoms with Crippen LogP contribution in [0.3, 0.4) is 0 Å². The van der Waals surface area contributed by atoms with Crippen molar-refractivity contribution in [3.63, 3.8) is 0 Å². The largest absolute Gasteiger partial charge is 0.383 e. The maximum absolute atomic E-state index is 5.28. The number of rotatable bonds is 4. The monoisotopic (exact) mass is 200 g/mol. The normalized spacial score (nSPS) is 29.8. The highest BCUT2D eigenvalue weighted by atomic mass is 16.5. The summed E-state index contributed by atoms with van der Waals surface area (Å²) in [6.45, 7) is 5.49. The molecule has 0 saturated carbocycles. The molecule has 3 nitrogen and oxygen atoms in total. The van der Waals surface area contributed by atoms with Gasteiger partial charge < -0.3 is 4.74 Å². The molecule has 1 saturated heterocycles.